The molecule has 3 rings (SSSR count). The van der Waals surface area contributed by atoms with Gasteiger partial charge in [0.2, 0.25) is 0 Å². The van der Waals surface area contributed by atoms with Gasteiger partial charge in [-0.15, -0.1) is 0 Å². The van der Waals surface area contributed by atoms with E-state index >= 15 is 0 Å². The summed E-state index contributed by atoms with van der Waals surface area (Å²) in [5.41, 5.74) is 5.79. The van der Waals surface area contributed by atoms with Crippen molar-refractivity contribution in [1.82, 2.24) is 15.3 Å². The van der Waals surface area contributed by atoms with E-state index in [1.807, 2.05) is 56.3 Å². The van der Waals surface area contributed by atoms with Crippen LogP contribution in [0.1, 0.15) is 27.0 Å². The Labute approximate surface area is 141 Å². The van der Waals surface area contributed by atoms with E-state index in [-0.39, 0.29) is 5.91 Å². The van der Waals surface area contributed by atoms with Gasteiger partial charge < -0.3 is 5.32 Å². The summed E-state index contributed by atoms with van der Waals surface area (Å²) in [6, 6.07) is 13.4. The van der Waals surface area contributed by atoms with Crippen molar-refractivity contribution < 1.29 is 4.79 Å². The Morgan fingerprint density at radius 2 is 1.79 bits per heavy atom. The number of hydrogen-bond acceptors (Lipinski definition) is 3. The number of nitrogens with zero attached hydrogens (tertiary/aromatic N) is 2. The molecule has 0 saturated carbocycles. The fourth-order valence-electron chi connectivity index (χ4n) is 2.51. The molecule has 1 N–H and O–H groups in total. The quantitative estimate of drug-likeness (QED) is 0.798. The van der Waals surface area contributed by atoms with Crippen molar-refractivity contribution in [2.75, 3.05) is 0 Å². The molecule has 0 radical (unpaired) electrons. The van der Waals surface area contributed by atoms with Crippen LogP contribution in [0.25, 0.3) is 11.3 Å². The van der Waals surface area contributed by atoms with E-state index in [2.05, 4.69) is 15.3 Å². The second-order valence-electron chi connectivity index (χ2n) is 5.73. The average molecular weight is 317 g/mol. The van der Waals surface area contributed by atoms with Crippen LogP contribution in [-0.2, 0) is 6.54 Å². The van der Waals surface area contributed by atoms with Crippen LogP contribution in [-0.4, -0.2) is 15.9 Å². The summed E-state index contributed by atoms with van der Waals surface area (Å²) >= 11 is 0. The van der Waals surface area contributed by atoms with Gasteiger partial charge in [-0.1, -0.05) is 12.1 Å². The van der Waals surface area contributed by atoms with E-state index in [1.165, 1.54) is 5.56 Å². The maximum atomic E-state index is 12.4. The Bertz CT molecular complexity index is 860. The third-order valence-electron chi connectivity index (χ3n) is 4.05. The summed E-state index contributed by atoms with van der Waals surface area (Å²) in [4.78, 5) is 20.9. The standard InChI is InChI=1S/C20H19N3O/c1-14-5-6-17(12-15(14)2)20(24)23-13-18-4-3-9-22-19(18)16-7-10-21-11-8-16/h3-12H,13H2,1-2H3,(H,23,24). The molecule has 2 aromatic heterocycles. The number of benzene rings is 1. The molecule has 0 unspecified atom stereocenters. The van der Waals surface area contributed by atoms with Crippen molar-refractivity contribution in [2.24, 2.45) is 0 Å². The van der Waals surface area contributed by atoms with Gasteiger partial charge in [0.15, 0.2) is 0 Å². The summed E-state index contributed by atoms with van der Waals surface area (Å²) < 4.78 is 0. The van der Waals surface area contributed by atoms with Crippen LogP contribution in [0.15, 0.2) is 61.1 Å². The number of amides is 1. The van der Waals surface area contributed by atoms with Crippen LogP contribution in [0.4, 0.5) is 0 Å². The molecule has 120 valence electrons. The van der Waals surface area contributed by atoms with Crippen LogP contribution >= 0.6 is 0 Å². The monoisotopic (exact) mass is 317 g/mol. The topological polar surface area (TPSA) is 54.9 Å². The molecular weight excluding hydrogens is 298 g/mol. The first kappa shape index (κ1) is 15.9. The normalized spacial score (nSPS) is 10.4. The van der Waals surface area contributed by atoms with Crippen molar-refractivity contribution >= 4 is 5.91 Å². The third kappa shape index (κ3) is 3.49. The minimum atomic E-state index is -0.0809. The summed E-state index contributed by atoms with van der Waals surface area (Å²) in [5, 5.41) is 2.98. The Morgan fingerprint density at radius 1 is 1.00 bits per heavy atom. The Morgan fingerprint density at radius 3 is 2.54 bits per heavy atom. The van der Waals surface area contributed by atoms with Gasteiger partial charge in [-0.25, -0.2) is 0 Å². The van der Waals surface area contributed by atoms with Crippen LogP contribution in [0.5, 0.6) is 0 Å². The van der Waals surface area contributed by atoms with E-state index in [0.717, 1.165) is 22.4 Å². The molecule has 0 aliphatic heterocycles. The highest BCUT2D eigenvalue weighted by molar-refractivity contribution is 5.94. The maximum absolute atomic E-state index is 12.4. The van der Waals surface area contributed by atoms with Gasteiger partial charge in [0.25, 0.3) is 5.91 Å². The van der Waals surface area contributed by atoms with Crippen LogP contribution < -0.4 is 5.32 Å². The van der Waals surface area contributed by atoms with Crippen molar-refractivity contribution in [3.8, 4) is 11.3 Å². The predicted molar refractivity (Wildman–Crippen MR) is 94.6 cm³/mol. The predicted octanol–water partition coefficient (Wildman–Crippen LogP) is 3.69. The highest BCUT2D eigenvalue weighted by Gasteiger charge is 2.10. The lowest BCUT2D eigenvalue weighted by Crippen LogP contribution is -2.23. The number of aromatic nitrogens is 2. The molecule has 24 heavy (non-hydrogen) atoms. The van der Waals surface area contributed by atoms with Crippen LogP contribution in [0.2, 0.25) is 0 Å². The fraction of sp³-hybridized carbons (Fsp3) is 0.150. The van der Waals surface area contributed by atoms with E-state index in [4.69, 9.17) is 0 Å². The Balaban J connectivity index is 1.77. The van der Waals surface area contributed by atoms with E-state index in [9.17, 15) is 4.79 Å². The molecule has 0 saturated heterocycles. The van der Waals surface area contributed by atoms with Gasteiger partial charge >= 0.3 is 0 Å². The average Bonchev–Trinajstić information content (AvgIpc) is 2.63. The van der Waals surface area contributed by atoms with Crippen molar-refractivity contribution in [3.05, 3.63) is 83.3 Å². The first-order valence-electron chi connectivity index (χ1n) is 7.85. The van der Waals surface area contributed by atoms with Gasteiger partial charge in [-0.05, 0) is 60.9 Å². The first-order chi connectivity index (χ1) is 11.6. The molecule has 4 heteroatoms. The summed E-state index contributed by atoms with van der Waals surface area (Å²) in [6.45, 7) is 4.47. The lowest BCUT2D eigenvalue weighted by molar-refractivity contribution is 0.0951. The zero-order valence-electron chi connectivity index (χ0n) is 13.8. The van der Waals surface area contributed by atoms with Gasteiger partial charge in [0.1, 0.15) is 0 Å². The lowest BCUT2D eigenvalue weighted by Gasteiger charge is -2.10. The number of rotatable bonds is 4. The molecule has 0 aliphatic carbocycles. The fourth-order valence-corrected chi connectivity index (χ4v) is 2.51. The van der Waals surface area contributed by atoms with Crippen LogP contribution in [0, 0.1) is 13.8 Å². The molecule has 0 bridgehead atoms. The van der Waals surface area contributed by atoms with E-state index in [1.54, 1.807) is 18.6 Å². The van der Waals surface area contributed by atoms with Gasteiger partial charge in [0, 0.05) is 36.3 Å². The summed E-state index contributed by atoms with van der Waals surface area (Å²) in [6.07, 6.45) is 5.23. The highest BCUT2D eigenvalue weighted by atomic mass is 16.1. The summed E-state index contributed by atoms with van der Waals surface area (Å²) in [5.74, 6) is -0.0809. The van der Waals surface area contributed by atoms with E-state index < -0.39 is 0 Å². The van der Waals surface area contributed by atoms with Crippen molar-refractivity contribution in [3.63, 3.8) is 0 Å². The number of nitrogens with one attached hydrogen (secondary N) is 1. The molecule has 3 aromatic rings. The minimum Gasteiger partial charge on any atom is -0.348 e. The molecule has 4 nitrogen and oxygen atoms in total. The second kappa shape index (κ2) is 7.04. The minimum absolute atomic E-state index is 0.0809. The molecular formula is C20H19N3O. The first-order valence-corrected chi connectivity index (χ1v) is 7.85. The number of pyridine rings is 2. The largest absolute Gasteiger partial charge is 0.348 e. The molecule has 2 heterocycles. The van der Waals surface area contributed by atoms with Gasteiger partial charge in [0.05, 0.1) is 5.69 Å². The molecule has 1 aromatic carbocycles. The maximum Gasteiger partial charge on any atom is 0.251 e. The smallest absolute Gasteiger partial charge is 0.251 e. The van der Waals surface area contributed by atoms with Crippen molar-refractivity contribution in [1.29, 1.82) is 0 Å². The molecule has 0 atom stereocenters. The zero-order valence-corrected chi connectivity index (χ0v) is 13.8. The lowest BCUT2D eigenvalue weighted by atomic mass is 10.1. The molecule has 0 aliphatic rings. The number of carbonyl (C=O) groups excluding carboxylic acids is 1. The number of aryl methyl sites for hydroxylation is 2. The van der Waals surface area contributed by atoms with Gasteiger partial charge in [-0.3, -0.25) is 14.8 Å². The van der Waals surface area contributed by atoms with Crippen molar-refractivity contribution in [2.45, 2.75) is 20.4 Å². The highest BCUT2D eigenvalue weighted by Crippen LogP contribution is 2.20. The molecule has 0 fully saturated rings. The third-order valence-corrected chi connectivity index (χ3v) is 4.05. The molecule has 0 spiro atoms. The number of carbonyl (C=O) groups is 1. The Kier molecular flexibility index (Phi) is 4.66. The zero-order chi connectivity index (χ0) is 16.9. The molecule has 1 amide bonds. The van der Waals surface area contributed by atoms with Gasteiger partial charge in [-0.2, -0.15) is 0 Å². The SMILES string of the molecule is Cc1ccc(C(=O)NCc2cccnc2-c2ccncc2)cc1C. The van der Waals surface area contributed by atoms with Crippen LogP contribution in [0.3, 0.4) is 0 Å². The second-order valence-corrected chi connectivity index (χ2v) is 5.73. The number of hydrogen-bond donors (Lipinski definition) is 1. The van der Waals surface area contributed by atoms with E-state index in [0.29, 0.717) is 12.1 Å². The summed E-state index contributed by atoms with van der Waals surface area (Å²) in [7, 11) is 0. The Hall–Kier alpha value is -3.01.